The lowest BCUT2D eigenvalue weighted by Crippen LogP contribution is -2.54. The molecule has 3 fully saturated rings. The van der Waals surface area contributed by atoms with Crippen LogP contribution in [0, 0.1) is 28.6 Å². The molecule has 0 spiro atoms. The highest BCUT2D eigenvalue weighted by Gasteiger charge is 2.62. The van der Waals surface area contributed by atoms with Crippen LogP contribution in [0.1, 0.15) is 65.2 Å². The molecule has 0 saturated heterocycles. The Morgan fingerprint density at radius 3 is 2.61 bits per heavy atom. The Hall–Kier alpha value is -0.890. The SMILES string of the molecule is C=C[C@]1(O)CC[C@@H]2[C@H]3CCC4=CC(=O)CC[C@@]4(C)[C@@H]3CC[C@@]21C. The van der Waals surface area contributed by atoms with Crippen LogP contribution in [0.3, 0.4) is 0 Å². The molecule has 0 heterocycles. The maximum Gasteiger partial charge on any atom is 0.155 e. The van der Waals surface area contributed by atoms with E-state index in [2.05, 4.69) is 20.4 Å². The number of hydrogen-bond acceptors (Lipinski definition) is 2. The van der Waals surface area contributed by atoms with E-state index in [1.54, 1.807) is 0 Å². The van der Waals surface area contributed by atoms with Gasteiger partial charge in [-0.2, -0.15) is 0 Å². The van der Waals surface area contributed by atoms with Gasteiger partial charge in [0.15, 0.2) is 5.78 Å². The highest BCUT2D eigenvalue weighted by Crippen LogP contribution is 2.67. The topological polar surface area (TPSA) is 37.3 Å². The number of hydrogen-bond donors (Lipinski definition) is 1. The molecule has 2 nitrogen and oxygen atoms in total. The summed E-state index contributed by atoms with van der Waals surface area (Å²) in [5.41, 5.74) is 0.975. The number of aliphatic hydroxyl groups is 1. The van der Waals surface area contributed by atoms with Crippen molar-refractivity contribution >= 4 is 5.78 Å². The fraction of sp³-hybridized carbons (Fsp3) is 0.762. The van der Waals surface area contributed by atoms with Crippen molar-refractivity contribution in [3.63, 3.8) is 0 Å². The van der Waals surface area contributed by atoms with Crippen LogP contribution in [0.4, 0.5) is 0 Å². The second-order valence-corrected chi connectivity index (χ2v) is 9.09. The molecule has 0 aromatic rings. The lowest BCUT2D eigenvalue weighted by atomic mass is 9.46. The molecule has 0 bridgehead atoms. The van der Waals surface area contributed by atoms with Gasteiger partial charge in [-0.15, -0.1) is 6.58 Å². The number of carbonyl (C=O) groups excluding carboxylic acids is 1. The first-order valence-electron chi connectivity index (χ1n) is 9.44. The molecule has 0 aromatic carbocycles. The van der Waals surface area contributed by atoms with Crippen molar-refractivity contribution in [3.8, 4) is 0 Å². The molecule has 0 amide bonds. The maximum absolute atomic E-state index is 11.9. The van der Waals surface area contributed by atoms with Gasteiger partial charge in [-0.05, 0) is 74.2 Å². The molecule has 126 valence electrons. The van der Waals surface area contributed by atoms with Crippen molar-refractivity contribution in [1.82, 2.24) is 0 Å². The summed E-state index contributed by atoms with van der Waals surface area (Å²) in [6, 6.07) is 0. The fourth-order valence-corrected chi connectivity index (χ4v) is 6.95. The first-order valence-corrected chi connectivity index (χ1v) is 9.44. The van der Waals surface area contributed by atoms with Crippen molar-refractivity contribution in [1.29, 1.82) is 0 Å². The zero-order valence-electron chi connectivity index (χ0n) is 14.6. The summed E-state index contributed by atoms with van der Waals surface area (Å²) in [5, 5.41) is 11.1. The average molecular weight is 314 g/mol. The maximum atomic E-state index is 11.9. The van der Waals surface area contributed by atoms with Crippen LogP contribution in [0.25, 0.3) is 0 Å². The van der Waals surface area contributed by atoms with Crippen LogP contribution in [-0.2, 0) is 4.79 Å². The second kappa shape index (κ2) is 4.81. The molecule has 3 saturated carbocycles. The van der Waals surface area contributed by atoms with Gasteiger partial charge in [-0.1, -0.05) is 25.5 Å². The quantitative estimate of drug-likeness (QED) is 0.727. The van der Waals surface area contributed by atoms with E-state index in [0.29, 0.717) is 23.5 Å². The van der Waals surface area contributed by atoms with Crippen molar-refractivity contribution in [3.05, 3.63) is 24.3 Å². The van der Waals surface area contributed by atoms with E-state index in [4.69, 9.17) is 0 Å². The van der Waals surface area contributed by atoms with Crippen molar-refractivity contribution in [2.45, 2.75) is 70.8 Å². The number of carbonyl (C=O) groups is 1. The van der Waals surface area contributed by atoms with E-state index in [-0.39, 0.29) is 10.8 Å². The van der Waals surface area contributed by atoms with Crippen molar-refractivity contribution in [2.75, 3.05) is 0 Å². The summed E-state index contributed by atoms with van der Waals surface area (Å²) < 4.78 is 0. The third-order valence-electron chi connectivity index (χ3n) is 8.51. The molecular formula is C21H30O2. The highest BCUT2D eigenvalue weighted by molar-refractivity contribution is 5.91. The molecular weight excluding hydrogens is 284 g/mol. The third-order valence-corrected chi connectivity index (χ3v) is 8.51. The summed E-state index contributed by atoms with van der Waals surface area (Å²) >= 11 is 0. The van der Waals surface area contributed by atoms with E-state index >= 15 is 0 Å². The zero-order valence-corrected chi connectivity index (χ0v) is 14.6. The van der Waals surface area contributed by atoms with Crippen LogP contribution in [0.5, 0.6) is 0 Å². The monoisotopic (exact) mass is 314 g/mol. The summed E-state index contributed by atoms with van der Waals surface area (Å²) in [6.45, 7) is 8.67. The molecule has 2 heteroatoms. The lowest BCUT2D eigenvalue weighted by molar-refractivity contribution is -0.120. The lowest BCUT2D eigenvalue weighted by Gasteiger charge is -2.58. The average Bonchev–Trinajstić information content (AvgIpc) is 2.80. The Labute approximate surface area is 140 Å². The van der Waals surface area contributed by atoms with E-state index in [1.165, 1.54) is 18.4 Å². The second-order valence-electron chi connectivity index (χ2n) is 9.09. The number of fused-ring (bicyclic) bond motifs is 5. The largest absolute Gasteiger partial charge is 0.385 e. The number of allylic oxidation sites excluding steroid dienone is 1. The summed E-state index contributed by atoms with van der Waals surface area (Å²) in [7, 11) is 0. The zero-order chi connectivity index (χ0) is 16.5. The Kier molecular flexibility index (Phi) is 3.27. The van der Waals surface area contributed by atoms with Crippen LogP contribution in [0.2, 0.25) is 0 Å². The Morgan fingerprint density at radius 2 is 1.87 bits per heavy atom. The van der Waals surface area contributed by atoms with Gasteiger partial charge < -0.3 is 5.11 Å². The minimum absolute atomic E-state index is 0.00200. The van der Waals surface area contributed by atoms with Gasteiger partial charge in [-0.25, -0.2) is 0 Å². The van der Waals surface area contributed by atoms with Crippen LogP contribution >= 0.6 is 0 Å². The molecule has 0 aliphatic heterocycles. The Morgan fingerprint density at radius 1 is 1.13 bits per heavy atom. The number of ketones is 1. The first kappa shape index (κ1) is 15.6. The van der Waals surface area contributed by atoms with Gasteiger partial charge in [0.05, 0.1) is 5.60 Å². The molecule has 4 aliphatic rings. The van der Waals surface area contributed by atoms with E-state index < -0.39 is 5.60 Å². The molecule has 0 unspecified atom stereocenters. The minimum atomic E-state index is -0.678. The standard InChI is InChI=1S/C21H30O2/c1-4-21(23)12-9-18-16-6-5-14-13-15(22)7-10-19(14,2)17(16)8-11-20(18,21)3/h4,13,16-18,23H,1,5-12H2,2-3H3/t16-,17+,18+,19+,20-,21-/m0/s1. The smallest absolute Gasteiger partial charge is 0.155 e. The van der Waals surface area contributed by atoms with Crippen LogP contribution in [-0.4, -0.2) is 16.5 Å². The van der Waals surface area contributed by atoms with E-state index in [1.807, 2.05) is 12.2 Å². The van der Waals surface area contributed by atoms with E-state index in [9.17, 15) is 9.90 Å². The summed E-state index contributed by atoms with van der Waals surface area (Å²) in [6.07, 6.45) is 12.1. The van der Waals surface area contributed by atoms with Crippen LogP contribution < -0.4 is 0 Å². The van der Waals surface area contributed by atoms with Crippen molar-refractivity contribution < 1.29 is 9.90 Å². The Balaban J connectivity index is 1.70. The third kappa shape index (κ3) is 1.88. The Bertz CT molecular complexity index is 591. The van der Waals surface area contributed by atoms with Crippen molar-refractivity contribution in [2.24, 2.45) is 28.6 Å². The number of rotatable bonds is 1. The van der Waals surface area contributed by atoms with Crippen LogP contribution in [0.15, 0.2) is 24.3 Å². The van der Waals surface area contributed by atoms with E-state index in [0.717, 1.165) is 38.5 Å². The molecule has 23 heavy (non-hydrogen) atoms. The highest BCUT2D eigenvalue weighted by atomic mass is 16.3. The van der Waals surface area contributed by atoms with Gasteiger partial charge in [0.1, 0.15) is 0 Å². The molecule has 0 aromatic heterocycles. The van der Waals surface area contributed by atoms with Gasteiger partial charge >= 0.3 is 0 Å². The van der Waals surface area contributed by atoms with Gasteiger partial charge in [0.25, 0.3) is 0 Å². The first-order chi connectivity index (χ1) is 10.8. The normalized spacial score (nSPS) is 52.2. The van der Waals surface area contributed by atoms with Gasteiger partial charge in [0.2, 0.25) is 0 Å². The van der Waals surface area contributed by atoms with Gasteiger partial charge in [-0.3, -0.25) is 4.79 Å². The molecule has 1 N–H and O–H groups in total. The molecule has 0 radical (unpaired) electrons. The molecule has 6 atom stereocenters. The van der Waals surface area contributed by atoms with Gasteiger partial charge in [0, 0.05) is 11.8 Å². The molecule has 4 aliphatic carbocycles. The predicted octanol–water partition coefficient (Wildman–Crippen LogP) is 4.44. The molecule has 4 rings (SSSR count). The fourth-order valence-electron chi connectivity index (χ4n) is 6.95. The summed E-state index contributed by atoms with van der Waals surface area (Å²) in [5.74, 6) is 2.35. The predicted molar refractivity (Wildman–Crippen MR) is 91.9 cm³/mol. The summed E-state index contributed by atoms with van der Waals surface area (Å²) in [4.78, 5) is 11.9. The minimum Gasteiger partial charge on any atom is -0.385 e.